The molecule has 2 aromatic carbocycles. The molecule has 10 heteroatoms. The van der Waals surface area contributed by atoms with Crippen LogP contribution in [0.1, 0.15) is 11.3 Å². The number of carbonyl (C=O) groups is 1. The Hall–Kier alpha value is -3.37. The maximum atomic E-state index is 14.2. The molecule has 0 saturated carbocycles. The van der Waals surface area contributed by atoms with Gasteiger partial charge in [-0.15, -0.1) is 0 Å². The van der Waals surface area contributed by atoms with Crippen LogP contribution in [0, 0.1) is 5.82 Å². The number of ether oxygens (including phenoxy) is 2. The van der Waals surface area contributed by atoms with Crippen molar-refractivity contribution in [3.05, 3.63) is 78.0 Å². The SMILES string of the molecule is COc1ccc(CNC(=O)CN(Cc2ccco2)S(=O)(=O)c2ccccc2F)cc1OC. The molecule has 32 heavy (non-hydrogen) atoms. The lowest BCUT2D eigenvalue weighted by Gasteiger charge is -2.21. The number of amides is 1. The van der Waals surface area contributed by atoms with Crippen LogP contribution in [0.15, 0.2) is 70.2 Å². The Morgan fingerprint density at radius 3 is 2.47 bits per heavy atom. The first-order valence-electron chi connectivity index (χ1n) is 9.60. The van der Waals surface area contributed by atoms with E-state index in [2.05, 4.69) is 5.32 Å². The minimum Gasteiger partial charge on any atom is -0.493 e. The van der Waals surface area contributed by atoms with Crippen molar-refractivity contribution in [3.63, 3.8) is 0 Å². The van der Waals surface area contributed by atoms with Gasteiger partial charge in [-0.25, -0.2) is 12.8 Å². The van der Waals surface area contributed by atoms with Gasteiger partial charge in [0.25, 0.3) is 0 Å². The fourth-order valence-electron chi connectivity index (χ4n) is 3.00. The highest BCUT2D eigenvalue weighted by molar-refractivity contribution is 7.89. The first-order valence-corrected chi connectivity index (χ1v) is 11.0. The van der Waals surface area contributed by atoms with Crippen molar-refractivity contribution in [2.24, 2.45) is 0 Å². The van der Waals surface area contributed by atoms with Crippen molar-refractivity contribution < 1.29 is 31.5 Å². The standard InChI is InChI=1S/C22H23FN2O6S/c1-29-19-10-9-16(12-20(19)30-2)13-24-22(26)15-25(14-17-6-5-11-31-17)32(27,28)21-8-4-3-7-18(21)23/h3-12H,13-15H2,1-2H3,(H,24,26). The lowest BCUT2D eigenvalue weighted by atomic mass is 10.2. The maximum Gasteiger partial charge on any atom is 0.246 e. The Bertz CT molecular complexity index is 1160. The Balaban J connectivity index is 1.76. The van der Waals surface area contributed by atoms with Crippen molar-refractivity contribution in [1.82, 2.24) is 9.62 Å². The second kappa shape index (κ2) is 10.3. The molecule has 3 aromatic rings. The van der Waals surface area contributed by atoms with E-state index in [1.807, 2.05) is 0 Å². The summed E-state index contributed by atoms with van der Waals surface area (Å²) in [5, 5.41) is 2.67. The summed E-state index contributed by atoms with van der Waals surface area (Å²) in [6, 6.07) is 13.3. The lowest BCUT2D eigenvalue weighted by Crippen LogP contribution is -2.40. The monoisotopic (exact) mass is 462 g/mol. The van der Waals surface area contributed by atoms with Gasteiger partial charge in [-0.3, -0.25) is 4.79 Å². The number of nitrogens with one attached hydrogen (secondary N) is 1. The van der Waals surface area contributed by atoms with Gasteiger partial charge in [-0.2, -0.15) is 4.31 Å². The number of sulfonamides is 1. The number of hydrogen-bond acceptors (Lipinski definition) is 6. The van der Waals surface area contributed by atoms with E-state index in [1.165, 1.54) is 32.6 Å². The highest BCUT2D eigenvalue weighted by Gasteiger charge is 2.30. The van der Waals surface area contributed by atoms with Gasteiger partial charge >= 0.3 is 0 Å². The predicted octanol–water partition coefficient (Wildman–Crippen LogP) is 2.94. The second-order valence-corrected chi connectivity index (χ2v) is 8.66. The summed E-state index contributed by atoms with van der Waals surface area (Å²) in [6.45, 7) is -0.619. The van der Waals surface area contributed by atoms with Gasteiger partial charge in [-0.1, -0.05) is 18.2 Å². The van der Waals surface area contributed by atoms with Crippen LogP contribution in [0.2, 0.25) is 0 Å². The molecule has 0 unspecified atom stereocenters. The predicted molar refractivity (Wildman–Crippen MR) is 114 cm³/mol. The fraction of sp³-hybridized carbons (Fsp3) is 0.227. The summed E-state index contributed by atoms with van der Waals surface area (Å²) in [6.07, 6.45) is 1.39. The number of halogens is 1. The Labute approximate surface area is 185 Å². The van der Waals surface area contributed by atoms with Crippen LogP contribution in [0.5, 0.6) is 11.5 Å². The first kappa shape index (κ1) is 23.3. The molecular formula is C22H23FN2O6S. The molecule has 0 radical (unpaired) electrons. The van der Waals surface area contributed by atoms with Gasteiger partial charge in [-0.05, 0) is 42.0 Å². The van der Waals surface area contributed by atoms with Crippen LogP contribution in [-0.4, -0.2) is 39.4 Å². The van der Waals surface area contributed by atoms with Crippen LogP contribution in [0.3, 0.4) is 0 Å². The van der Waals surface area contributed by atoms with E-state index < -0.39 is 33.2 Å². The van der Waals surface area contributed by atoms with Crippen LogP contribution < -0.4 is 14.8 Å². The quantitative estimate of drug-likeness (QED) is 0.498. The number of methoxy groups -OCH3 is 2. The molecule has 0 aliphatic rings. The van der Waals surface area contributed by atoms with Crippen LogP contribution in [0.4, 0.5) is 4.39 Å². The molecule has 1 heterocycles. The summed E-state index contributed by atoms with van der Waals surface area (Å²) < 4.78 is 56.9. The van der Waals surface area contributed by atoms with Gasteiger partial charge in [0.05, 0.1) is 33.6 Å². The third-order valence-corrected chi connectivity index (χ3v) is 6.45. The highest BCUT2D eigenvalue weighted by atomic mass is 32.2. The van der Waals surface area contributed by atoms with E-state index in [0.29, 0.717) is 17.3 Å². The van der Waals surface area contributed by atoms with E-state index in [1.54, 1.807) is 30.3 Å². The molecule has 0 aliphatic heterocycles. The minimum absolute atomic E-state index is 0.132. The smallest absolute Gasteiger partial charge is 0.246 e. The number of benzene rings is 2. The average molecular weight is 462 g/mol. The number of carbonyl (C=O) groups excluding carboxylic acids is 1. The summed E-state index contributed by atoms with van der Waals surface area (Å²) in [7, 11) is -1.29. The third-order valence-electron chi connectivity index (χ3n) is 4.62. The van der Waals surface area contributed by atoms with E-state index >= 15 is 0 Å². The van der Waals surface area contributed by atoms with Crippen molar-refractivity contribution in [2.45, 2.75) is 18.0 Å². The van der Waals surface area contributed by atoms with E-state index in [-0.39, 0.29) is 13.1 Å². The molecule has 1 N–H and O–H groups in total. The minimum atomic E-state index is -4.30. The van der Waals surface area contributed by atoms with Crippen molar-refractivity contribution in [3.8, 4) is 11.5 Å². The normalized spacial score (nSPS) is 11.4. The van der Waals surface area contributed by atoms with Gasteiger partial charge < -0.3 is 19.2 Å². The maximum absolute atomic E-state index is 14.2. The number of furan rings is 1. The molecule has 0 saturated heterocycles. The van der Waals surface area contributed by atoms with Gasteiger partial charge in [0.1, 0.15) is 16.5 Å². The molecule has 0 atom stereocenters. The Morgan fingerprint density at radius 1 is 1.06 bits per heavy atom. The molecule has 0 spiro atoms. The zero-order chi connectivity index (χ0) is 23.1. The molecule has 1 amide bonds. The summed E-state index contributed by atoms with van der Waals surface area (Å²) in [5.74, 6) is -0.101. The molecular weight excluding hydrogens is 439 g/mol. The zero-order valence-corrected chi connectivity index (χ0v) is 18.4. The van der Waals surface area contributed by atoms with Gasteiger partial charge in [0.15, 0.2) is 11.5 Å². The average Bonchev–Trinajstić information content (AvgIpc) is 3.30. The highest BCUT2D eigenvalue weighted by Crippen LogP contribution is 2.27. The number of nitrogens with zero attached hydrogens (tertiary/aromatic N) is 1. The van der Waals surface area contributed by atoms with Crippen LogP contribution in [-0.2, 0) is 27.9 Å². The largest absolute Gasteiger partial charge is 0.493 e. The van der Waals surface area contributed by atoms with Crippen molar-refractivity contribution in [1.29, 1.82) is 0 Å². The molecule has 0 fully saturated rings. The molecule has 1 aromatic heterocycles. The van der Waals surface area contributed by atoms with Gasteiger partial charge in [0, 0.05) is 6.54 Å². The summed E-state index contributed by atoms with van der Waals surface area (Å²) in [5.41, 5.74) is 0.727. The van der Waals surface area contributed by atoms with E-state index in [4.69, 9.17) is 13.9 Å². The first-order chi connectivity index (χ1) is 15.3. The van der Waals surface area contributed by atoms with Crippen molar-refractivity contribution >= 4 is 15.9 Å². The van der Waals surface area contributed by atoms with Crippen LogP contribution >= 0.6 is 0 Å². The summed E-state index contributed by atoms with van der Waals surface area (Å²) in [4.78, 5) is 12.1. The molecule has 0 bridgehead atoms. The lowest BCUT2D eigenvalue weighted by molar-refractivity contribution is -0.121. The zero-order valence-electron chi connectivity index (χ0n) is 17.6. The third kappa shape index (κ3) is 5.45. The Kier molecular flexibility index (Phi) is 7.49. The number of rotatable bonds is 10. The topological polar surface area (TPSA) is 98.1 Å². The molecule has 170 valence electrons. The molecule has 8 nitrogen and oxygen atoms in total. The van der Waals surface area contributed by atoms with Gasteiger partial charge in [0.2, 0.25) is 15.9 Å². The second-order valence-electron chi connectivity index (χ2n) is 6.75. The molecule has 0 aliphatic carbocycles. The van der Waals surface area contributed by atoms with Crippen LogP contribution in [0.25, 0.3) is 0 Å². The Morgan fingerprint density at radius 2 is 1.81 bits per heavy atom. The summed E-state index contributed by atoms with van der Waals surface area (Å²) >= 11 is 0. The van der Waals surface area contributed by atoms with E-state index in [0.717, 1.165) is 22.0 Å². The fourth-order valence-corrected chi connectivity index (χ4v) is 4.43. The van der Waals surface area contributed by atoms with Crippen molar-refractivity contribution in [2.75, 3.05) is 20.8 Å². The molecule has 3 rings (SSSR count). The van der Waals surface area contributed by atoms with E-state index in [9.17, 15) is 17.6 Å². The number of hydrogen-bond donors (Lipinski definition) is 1.